The maximum Gasteiger partial charge on any atom is 0.165 e. The highest BCUT2D eigenvalue weighted by molar-refractivity contribution is 5.43. The quantitative estimate of drug-likeness (QED) is 0.713. The van der Waals surface area contributed by atoms with Gasteiger partial charge in [0.15, 0.2) is 11.6 Å². The Hall–Kier alpha value is -2.15. The van der Waals surface area contributed by atoms with Crippen LogP contribution in [0, 0.1) is 19.7 Å². The van der Waals surface area contributed by atoms with Gasteiger partial charge in [-0.25, -0.2) is 4.39 Å². The molecular formula is C24H33FN2O3. The van der Waals surface area contributed by atoms with Gasteiger partial charge in [0, 0.05) is 45.4 Å². The van der Waals surface area contributed by atoms with Gasteiger partial charge in [0.1, 0.15) is 5.75 Å². The van der Waals surface area contributed by atoms with Gasteiger partial charge >= 0.3 is 0 Å². The molecule has 1 N–H and O–H groups in total. The Balaban J connectivity index is 1.69. The molecule has 1 fully saturated rings. The van der Waals surface area contributed by atoms with Crippen molar-refractivity contribution >= 4 is 0 Å². The van der Waals surface area contributed by atoms with Crippen LogP contribution < -0.4 is 9.47 Å². The van der Waals surface area contributed by atoms with Crippen LogP contribution in [-0.4, -0.2) is 61.4 Å². The predicted molar refractivity (Wildman–Crippen MR) is 117 cm³/mol. The zero-order valence-electron chi connectivity index (χ0n) is 18.4. The van der Waals surface area contributed by atoms with Crippen molar-refractivity contribution in [3.8, 4) is 11.5 Å². The standard InChI is InChI=1S/C24H33FN2O3/c1-17-18(2)23(29-3)8-6-20(17)15-27-11-10-26(16-21(27)9-12-28)14-19-5-7-22(25)24(13-19)30-4/h5-8,13,21,28H,9-12,14-16H2,1-4H3/t21-/m1/s1. The van der Waals surface area contributed by atoms with Gasteiger partial charge in [-0.15, -0.1) is 0 Å². The Bertz CT molecular complexity index is 859. The van der Waals surface area contributed by atoms with Crippen molar-refractivity contribution in [3.05, 3.63) is 58.4 Å². The minimum Gasteiger partial charge on any atom is -0.496 e. The highest BCUT2D eigenvalue weighted by Crippen LogP contribution is 2.27. The van der Waals surface area contributed by atoms with Crippen molar-refractivity contribution in [2.24, 2.45) is 0 Å². The van der Waals surface area contributed by atoms with Crippen LogP contribution in [0.5, 0.6) is 11.5 Å². The summed E-state index contributed by atoms with van der Waals surface area (Å²) in [5.41, 5.74) is 4.77. The molecule has 30 heavy (non-hydrogen) atoms. The number of methoxy groups -OCH3 is 2. The number of hydrogen-bond acceptors (Lipinski definition) is 5. The Morgan fingerprint density at radius 2 is 1.77 bits per heavy atom. The molecule has 0 bridgehead atoms. The maximum atomic E-state index is 13.7. The van der Waals surface area contributed by atoms with E-state index in [1.54, 1.807) is 13.2 Å². The zero-order chi connectivity index (χ0) is 21.7. The van der Waals surface area contributed by atoms with Crippen molar-refractivity contribution in [1.82, 2.24) is 9.80 Å². The first-order valence-electron chi connectivity index (χ1n) is 10.5. The van der Waals surface area contributed by atoms with Gasteiger partial charge in [0.25, 0.3) is 0 Å². The molecule has 164 valence electrons. The highest BCUT2D eigenvalue weighted by atomic mass is 19.1. The Labute approximate surface area is 179 Å². The topological polar surface area (TPSA) is 45.2 Å². The first-order chi connectivity index (χ1) is 14.5. The molecule has 1 heterocycles. The molecule has 1 aliphatic heterocycles. The largest absolute Gasteiger partial charge is 0.496 e. The van der Waals surface area contributed by atoms with E-state index in [-0.39, 0.29) is 24.2 Å². The lowest BCUT2D eigenvalue weighted by atomic mass is 10.00. The molecule has 0 unspecified atom stereocenters. The summed E-state index contributed by atoms with van der Waals surface area (Å²) in [5, 5.41) is 9.62. The molecule has 3 rings (SSSR count). The fourth-order valence-corrected chi connectivity index (χ4v) is 4.26. The van der Waals surface area contributed by atoms with Crippen LogP contribution in [0.1, 0.15) is 28.7 Å². The number of piperazine rings is 1. The number of ether oxygens (including phenoxy) is 2. The molecule has 1 saturated heterocycles. The van der Waals surface area contributed by atoms with E-state index in [4.69, 9.17) is 9.47 Å². The minimum atomic E-state index is -0.339. The Morgan fingerprint density at radius 3 is 2.47 bits per heavy atom. The van der Waals surface area contributed by atoms with E-state index in [9.17, 15) is 9.50 Å². The van der Waals surface area contributed by atoms with Gasteiger partial charge < -0.3 is 14.6 Å². The van der Waals surface area contributed by atoms with Crippen molar-refractivity contribution in [3.63, 3.8) is 0 Å². The van der Waals surface area contributed by atoms with Crippen LogP contribution in [-0.2, 0) is 13.1 Å². The second-order valence-electron chi connectivity index (χ2n) is 8.02. The van der Waals surface area contributed by atoms with Crippen LogP contribution >= 0.6 is 0 Å². The van der Waals surface area contributed by atoms with Gasteiger partial charge in [-0.3, -0.25) is 9.80 Å². The average Bonchev–Trinajstić information content (AvgIpc) is 2.75. The lowest BCUT2D eigenvalue weighted by molar-refractivity contribution is 0.0498. The smallest absolute Gasteiger partial charge is 0.165 e. The third-order valence-corrected chi connectivity index (χ3v) is 6.22. The number of nitrogens with zero attached hydrogens (tertiary/aromatic N) is 2. The van der Waals surface area contributed by atoms with Crippen molar-refractivity contribution in [2.45, 2.75) is 39.4 Å². The van der Waals surface area contributed by atoms with E-state index in [1.165, 1.54) is 29.9 Å². The molecule has 5 nitrogen and oxygen atoms in total. The minimum absolute atomic E-state index is 0.167. The highest BCUT2D eigenvalue weighted by Gasteiger charge is 2.27. The van der Waals surface area contributed by atoms with E-state index in [0.29, 0.717) is 0 Å². The van der Waals surface area contributed by atoms with E-state index in [2.05, 4.69) is 29.7 Å². The summed E-state index contributed by atoms with van der Waals surface area (Å²) < 4.78 is 24.2. The summed E-state index contributed by atoms with van der Waals surface area (Å²) >= 11 is 0. The van der Waals surface area contributed by atoms with Crippen LogP contribution in [0.4, 0.5) is 4.39 Å². The van der Waals surface area contributed by atoms with Gasteiger partial charge in [-0.2, -0.15) is 0 Å². The SMILES string of the molecule is COc1cc(CN2CCN(Cc3ccc(OC)c(C)c3C)[C@H](CCO)C2)ccc1F. The monoisotopic (exact) mass is 416 g/mol. The zero-order valence-corrected chi connectivity index (χ0v) is 18.4. The van der Waals surface area contributed by atoms with Gasteiger partial charge in [0.05, 0.1) is 14.2 Å². The number of aliphatic hydroxyl groups excluding tert-OH is 1. The molecule has 0 aliphatic carbocycles. The summed E-state index contributed by atoms with van der Waals surface area (Å²) in [7, 11) is 3.19. The number of aliphatic hydroxyl groups is 1. The fraction of sp³-hybridized carbons (Fsp3) is 0.500. The lowest BCUT2D eigenvalue weighted by Crippen LogP contribution is -2.52. The lowest BCUT2D eigenvalue weighted by Gasteiger charge is -2.41. The van der Waals surface area contributed by atoms with Crippen LogP contribution in [0.25, 0.3) is 0 Å². The Kier molecular flexibility index (Phi) is 7.69. The van der Waals surface area contributed by atoms with E-state index < -0.39 is 0 Å². The fourth-order valence-electron chi connectivity index (χ4n) is 4.26. The molecule has 1 aliphatic rings. The molecule has 0 saturated carbocycles. The normalized spacial score (nSPS) is 17.9. The van der Waals surface area contributed by atoms with Crippen molar-refractivity contribution < 1.29 is 19.0 Å². The summed E-state index contributed by atoms with van der Waals surface area (Å²) in [5.74, 6) is 0.862. The van der Waals surface area contributed by atoms with Gasteiger partial charge in [-0.1, -0.05) is 12.1 Å². The number of benzene rings is 2. The molecule has 0 amide bonds. The summed E-state index contributed by atoms with van der Waals surface area (Å²) in [6.07, 6.45) is 0.734. The first-order valence-corrected chi connectivity index (χ1v) is 10.5. The molecule has 0 radical (unpaired) electrons. The summed E-state index contributed by atoms with van der Waals surface area (Å²) in [6.45, 7) is 8.73. The number of hydrogen-bond donors (Lipinski definition) is 1. The number of halogens is 1. The summed E-state index contributed by atoms with van der Waals surface area (Å²) in [4.78, 5) is 4.84. The van der Waals surface area contributed by atoms with Crippen LogP contribution in [0.15, 0.2) is 30.3 Å². The maximum absolute atomic E-state index is 13.7. The van der Waals surface area contributed by atoms with E-state index >= 15 is 0 Å². The third-order valence-electron chi connectivity index (χ3n) is 6.22. The second kappa shape index (κ2) is 10.2. The van der Waals surface area contributed by atoms with Crippen LogP contribution in [0.2, 0.25) is 0 Å². The molecular weight excluding hydrogens is 383 g/mol. The molecule has 0 aromatic heterocycles. The third kappa shape index (κ3) is 5.12. The van der Waals surface area contributed by atoms with Gasteiger partial charge in [-0.05, 0) is 60.7 Å². The van der Waals surface area contributed by atoms with Crippen molar-refractivity contribution in [2.75, 3.05) is 40.5 Å². The molecule has 1 atom stereocenters. The average molecular weight is 417 g/mol. The van der Waals surface area contributed by atoms with E-state index in [1.807, 2.05) is 12.1 Å². The molecule has 2 aromatic rings. The first kappa shape index (κ1) is 22.5. The predicted octanol–water partition coefficient (Wildman–Crippen LogP) is 3.53. The van der Waals surface area contributed by atoms with E-state index in [0.717, 1.165) is 50.5 Å². The number of rotatable bonds is 8. The molecule has 0 spiro atoms. The van der Waals surface area contributed by atoms with Crippen molar-refractivity contribution in [1.29, 1.82) is 0 Å². The van der Waals surface area contributed by atoms with Gasteiger partial charge in [0.2, 0.25) is 0 Å². The summed E-state index contributed by atoms with van der Waals surface area (Å²) in [6, 6.07) is 9.50. The Morgan fingerprint density at radius 1 is 1.00 bits per heavy atom. The second-order valence-corrected chi connectivity index (χ2v) is 8.02. The molecule has 2 aromatic carbocycles. The molecule has 6 heteroatoms. The van der Waals surface area contributed by atoms with Crippen LogP contribution in [0.3, 0.4) is 0 Å².